The summed E-state index contributed by atoms with van der Waals surface area (Å²) in [4.78, 5) is 27.4. The lowest BCUT2D eigenvalue weighted by Crippen LogP contribution is -2.54. The quantitative estimate of drug-likeness (QED) is 0.788. The Balaban J connectivity index is 1.95. The Morgan fingerprint density at radius 3 is 2.78 bits per heavy atom. The van der Waals surface area contributed by atoms with E-state index in [-0.39, 0.29) is 30.4 Å². The SMILES string of the molecule is C[C@@H](N)[C@H]1CCCCN1C(=O)CN1CCCC1=O. The largest absolute Gasteiger partial charge is 0.337 e. The van der Waals surface area contributed by atoms with Gasteiger partial charge < -0.3 is 15.5 Å². The lowest BCUT2D eigenvalue weighted by atomic mass is 9.97. The Bertz CT molecular complexity index is 330. The van der Waals surface area contributed by atoms with E-state index in [0.717, 1.165) is 38.8 Å². The van der Waals surface area contributed by atoms with Gasteiger partial charge in [0.15, 0.2) is 0 Å². The molecule has 102 valence electrons. The van der Waals surface area contributed by atoms with E-state index in [0.29, 0.717) is 6.42 Å². The van der Waals surface area contributed by atoms with Gasteiger partial charge in [-0.15, -0.1) is 0 Å². The van der Waals surface area contributed by atoms with Gasteiger partial charge in [0.05, 0.1) is 6.54 Å². The molecule has 0 aromatic heterocycles. The van der Waals surface area contributed by atoms with Crippen LogP contribution in [0.1, 0.15) is 39.0 Å². The first kappa shape index (κ1) is 13.3. The van der Waals surface area contributed by atoms with E-state index in [1.54, 1.807) is 4.90 Å². The molecule has 0 aromatic carbocycles. The normalized spacial score (nSPS) is 26.6. The minimum absolute atomic E-state index is 0.00327. The molecule has 2 N–H and O–H groups in total. The number of amides is 2. The van der Waals surface area contributed by atoms with Crippen molar-refractivity contribution in [2.75, 3.05) is 19.6 Å². The second-order valence-corrected chi connectivity index (χ2v) is 5.43. The van der Waals surface area contributed by atoms with Crippen LogP contribution in [0.3, 0.4) is 0 Å². The second kappa shape index (κ2) is 5.69. The zero-order valence-corrected chi connectivity index (χ0v) is 11.1. The molecule has 2 atom stereocenters. The Morgan fingerprint density at radius 1 is 1.39 bits per heavy atom. The minimum atomic E-state index is 0.00327. The van der Waals surface area contributed by atoms with Crippen molar-refractivity contribution in [1.29, 1.82) is 0 Å². The summed E-state index contributed by atoms with van der Waals surface area (Å²) in [6, 6.07) is 0.146. The summed E-state index contributed by atoms with van der Waals surface area (Å²) >= 11 is 0. The summed E-state index contributed by atoms with van der Waals surface area (Å²) in [7, 11) is 0. The average Bonchev–Trinajstić information content (AvgIpc) is 2.75. The Labute approximate surface area is 108 Å². The van der Waals surface area contributed by atoms with E-state index in [4.69, 9.17) is 5.73 Å². The number of nitrogens with two attached hydrogens (primary N) is 1. The van der Waals surface area contributed by atoms with E-state index in [9.17, 15) is 9.59 Å². The molecule has 2 amide bonds. The van der Waals surface area contributed by atoms with Crippen molar-refractivity contribution in [2.45, 2.75) is 51.1 Å². The van der Waals surface area contributed by atoms with E-state index >= 15 is 0 Å². The highest BCUT2D eigenvalue weighted by Crippen LogP contribution is 2.20. The van der Waals surface area contributed by atoms with Crippen LogP contribution in [0.2, 0.25) is 0 Å². The maximum atomic E-state index is 12.3. The van der Waals surface area contributed by atoms with Gasteiger partial charge in [-0.05, 0) is 32.6 Å². The maximum Gasteiger partial charge on any atom is 0.242 e. The van der Waals surface area contributed by atoms with Crippen LogP contribution in [0.4, 0.5) is 0 Å². The average molecular weight is 253 g/mol. The number of rotatable bonds is 3. The fourth-order valence-electron chi connectivity index (χ4n) is 2.94. The molecule has 0 bridgehead atoms. The molecule has 2 aliphatic heterocycles. The highest BCUT2D eigenvalue weighted by atomic mass is 16.2. The molecule has 0 spiro atoms. The van der Waals surface area contributed by atoms with Gasteiger partial charge in [-0.1, -0.05) is 0 Å². The van der Waals surface area contributed by atoms with E-state index in [2.05, 4.69) is 0 Å². The smallest absolute Gasteiger partial charge is 0.242 e. The molecule has 0 unspecified atom stereocenters. The van der Waals surface area contributed by atoms with Crippen LogP contribution in [0, 0.1) is 0 Å². The van der Waals surface area contributed by atoms with Crippen molar-refractivity contribution in [3.8, 4) is 0 Å². The number of piperidine rings is 1. The first-order valence-electron chi connectivity index (χ1n) is 6.92. The molecule has 2 heterocycles. The van der Waals surface area contributed by atoms with Crippen LogP contribution < -0.4 is 5.73 Å². The molecule has 5 nitrogen and oxygen atoms in total. The van der Waals surface area contributed by atoms with Crippen LogP contribution in [-0.2, 0) is 9.59 Å². The summed E-state index contributed by atoms with van der Waals surface area (Å²) in [6.45, 7) is 3.70. The van der Waals surface area contributed by atoms with Gasteiger partial charge in [-0.2, -0.15) is 0 Å². The predicted octanol–water partition coefficient (Wildman–Crippen LogP) is 0.337. The standard InChI is InChI=1S/C13H23N3O2/c1-10(14)11-5-2-3-8-16(11)13(18)9-15-7-4-6-12(15)17/h10-11H,2-9,14H2,1H3/t10-,11-/m1/s1. The highest BCUT2D eigenvalue weighted by molar-refractivity contribution is 5.86. The summed E-state index contributed by atoms with van der Waals surface area (Å²) in [6.07, 6.45) is 4.63. The molecule has 18 heavy (non-hydrogen) atoms. The van der Waals surface area contributed by atoms with Gasteiger partial charge in [-0.25, -0.2) is 0 Å². The molecule has 0 aliphatic carbocycles. The van der Waals surface area contributed by atoms with Crippen LogP contribution in [0.5, 0.6) is 0 Å². The van der Waals surface area contributed by atoms with Crippen molar-refractivity contribution >= 4 is 11.8 Å². The zero-order chi connectivity index (χ0) is 13.1. The van der Waals surface area contributed by atoms with Gasteiger partial charge in [0.2, 0.25) is 11.8 Å². The third-order valence-corrected chi connectivity index (χ3v) is 3.97. The van der Waals surface area contributed by atoms with Crippen molar-refractivity contribution in [1.82, 2.24) is 9.80 Å². The van der Waals surface area contributed by atoms with Crippen LogP contribution >= 0.6 is 0 Å². The zero-order valence-electron chi connectivity index (χ0n) is 11.1. The van der Waals surface area contributed by atoms with Crippen molar-refractivity contribution < 1.29 is 9.59 Å². The molecule has 0 saturated carbocycles. The van der Waals surface area contributed by atoms with Gasteiger partial charge >= 0.3 is 0 Å². The highest BCUT2D eigenvalue weighted by Gasteiger charge is 2.31. The summed E-state index contributed by atoms with van der Waals surface area (Å²) in [5.74, 6) is 0.171. The molecule has 2 fully saturated rings. The fraction of sp³-hybridized carbons (Fsp3) is 0.846. The first-order valence-corrected chi connectivity index (χ1v) is 6.92. The molecule has 2 aliphatic rings. The number of hydrogen-bond acceptors (Lipinski definition) is 3. The van der Waals surface area contributed by atoms with Crippen LogP contribution in [0.15, 0.2) is 0 Å². The summed E-state index contributed by atoms with van der Waals surface area (Å²) in [5.41, 5.74) is 5.96. The molecule has 0 radical (unpaired) electrons. The Kier molecular flexibility index (Phi) is 4.22. The lowest BCUT2D eigenvalue weighted by molar-refractivity contribution is -0.141. The Morgan fingerprint density at radius 2 is 2.17 bits per heavy atom. The molecule has 2 rings (SSSR count). The molecular weight excluding hydrogens is 230 g/mol. The van der Waals surface area contributed by atoms with Gasteiger partial charge in [-0.3, -0.25) is 9.59 Å². The number of likely N-dealkylation sites (tertiary alicyclic amines) is 2. The van der Waals surface area contributed by atoms with Gasteiger partial charge in [0.25, 0.3) is 0 Å². The predicted molar refractivity (Wildman–Crippen MR) is 68.8 cm³/mol. The number of carbonyl (C=O) groups is 2. The fourth-order valence-corrected chi connectivity index (χ4v) is 2.94. The second-order valence-electron chi connectivity index (χ2n) is 5.43. The minimum Gasteiger partial charge on any atom is -0.337 e. The van der Waals surface area contributed by atoms with Crippen molar-refractivity contribution in [2.24, 2.45) is 5.73 Å². The molecule has 0 aromatic rings. The van der Waals surface area contributed by atoms with Gasteiger partial charge in [0.1, 0.15) is 0 Å². The van der Waals surface area contributed by atoms with E-state index < -0.39 is 0 Å². The Hall–Kier alpha value is -1.10. The van der Waals surface area contributed by atoms with E-state index in [1.807, 2.05) is 11.8 Å². The lowest BCUT2D eigenvalue weighted by Gasteiger charge is -2.38. The third-order valence-electron chi connectivity index (χ3n) is 3.97. The topological polar surface area (TPSA) is 66.6 Å². The van der Waals surface area contributed by atoms with Crippen LogP contribution in [-0.4, -0.2) is 53.3 Å². The number of carbonyl (C=O) groups excluding carboxylic acids is 2. The molecule has 2 saturated heterocycles. The third kappa shape index (κ3) is 2.83. The molecule has 5 heteroatoms. The van der Waals surface area contributed by atoms with Gasteiger partial charge in [0, 0.05) is 31.6 Å². The molecular formula is C13H23N3O2. The summed E-state index contributed by atoms with van der Waals surface area (Å²) < 4.78 is 0. The van der Waals surface area contributed by atoms with Crippen molar-refractivity contribution in [3.63, 3.8) is 0 Å². The number of nitrogens with zero attached hydrogens (tertiary/aromatic N) is 2. The van der Waals surface area contributed by atoms with E-state index in [1.165, 1.54) is 0 Å². The number of hydrogen-bond donors (Lipinski definition) is 1. The van der Waals surface area contributed by atoms with Crippen molar-refractivity contribution in [3.05, 3.63) is 0 Å². The maximum absolute atomic E-state index is 12.3. The monoisotopic (exact) mass is 253 g/mol. The van der Waals surface area contributed by atoms with Crippen LogP contribution in [0.25, 0.3) is 0 Å². The summed E-state index contributed by atoms with van der Waals surface area (Å²) in [5, 5.41) is 0. The first-order chi connectivity index (χ1) is 8.59.